The second kappa shape index (κ2) is 4.50. The molecule has 17 heavy (non-hydrogen) atoms. The Morgan fingerprint density at radius 1 is 1.53 bits per heavy atom. The van der Waals surface area contributed by atoms with Gasteiger partial charge in [0.05, 0.1) is 6.54 Å². The van der Waals surface area contributed by atoms with Gasteiger partial charge < -0.3 is 9.67 Å². The highest BCUT2D eigenvalue weighted by atomic mass is 32.1. The number of carboxylic acids is 1. The van der Waals surface area contributed by atoms with Gasteiger partial charge in [-0.25, -0.2) is 9.78 Å². The van der Waals surface area contributed by atoms with E-state index in [1.165, 1.54) is 22.8 Å². The molecule has 0 aliphatic heterocycles. The van der Waals surface area contributed by atoms with Gasteiger partial charge in [-0.05, 0) is 13.0 Å². The number of aromatic carboxylic acids is 1. The van der Waals surface area contributed by atoms with Crippen LogP contribution in [0.15, 0.2) is 28.4 Å². The molecule has 0 aliphatic rings. The number of pyridine rings is 1. The maximum atomic E-state index is 11.6. The van der Waals surface area contributed by atoms with Crippen LogP contribution in [0.25, 0.3) is 0 Å². The highest BCUT2D eigenvalue weighted by molar-refractivity contribution is 7.09. The predicted molar refractivity (Wildman–Crippen MR) is 63.6 cm³/mol. The highest BCUT2D eigenvalue weighted by Gasteiger charge is 2.09. The summed E-state index contributed by atoms with van der Waals surface area (Å²) >= 11 is 1.24. The molecule has 0 spiro atoms. The summed E-state index contributed by atoms with van der Waals surface area (Å²) in [5.74, 6) is -1.05. The van der Waals surface area contributed by atoms with Crippen molar-refractivity contribution in [3.05, 3.63) is 50.3 Å². The number of aromatic nitrogens is 2. The summed E-state index contributed by atoms with van der Waals surface area (Å²) in [5.41, 5.74) is 0.730. The van der Waals surface area contributed by atoms with Gasteiger partial charge in [0.15, 0.2) is 5.69 Å². The number of nitrogens with zero attached hydrogens (tertiary/aromatic N) is 2. The molecule has 0 saturated carbocycles. The smallest absolute Gasteiger partial charge is 0.355 e. The van der Waals surface area contributed by atoms with Crippen LogP contribution in [0.2, 0.25) is 0 Å². The number of hydrogen-bond acceptors (Lipinski definition) is 4. The summed E-state index contributed by atoms with van der Waals surface area (Å²) in [5, 5.41) is 10.8. The molecule has 0 unspecified atom stereocenters. The van der Waals surface area contributed by atoms with Crippen molar-refractivity contribution in [2.24, 2.45) is 0 Å². The van der Waals surface area contributed by atoms with E-state index < -0.39 is 5.97 Å². The van der Waals surface area contributed by atoms with Crippen molar-refractivity contribution in [2.45, 2.75) is 13.5 Å². The third-order valence-electron chi connectivity index (χ3n) is 2.33. The maximum absolute atomic E-state index is 11.6. The van der Waals surface area contributed by atoms with E-state index in [0.29, 0.717) is 11.6 Å². The molecule has 0 bridgehead atoms. The molecule has 0 saturated heterocycles. The molecule has 1 N–H and O–H groups in total. The van der Waals surface area contributed by atoms with Crippen LogP contribution in [-0.4, -0.2) is 20.6 Å². The minimum atomic E-state index is -1.05. The molecular weight excluding hydrogens is 240 g/mol. The van der Waals surface area contributed by atoms with E-state index in [1.807, 2.05) is 13.0 Å². The summed E-state index contributed by atoms with van der Waals surface area (Å²) in [6.45, 7) is 2.14. The van der Waals surface area contributed by atoms with Crippen molar-refractivity contribution < 1.29 is 9.90 Å². The molecule has 0 amide bonds. The maximum Gasteiger partial charge on any atom is 0.355 e. The van der Waals surface area contributed by atoms with Crippen molar-refractivity contribution in [3.63, 3.8) is 0 Å². The van der Waals surface area contributed by atoms with Crippen LogP contribution in [0.3, 0.4) is 0 Å². The Labute approximate surface area is 101 Å². The van der Waals surface area contributed by atoms with Gasteiger partial charge in [0, 0.05) is 17.1 Å². The standard InChI is InChI=1S/C11H10N2O3S/c1-7-3-2-4-10(14)13(7)5-9-12-8(6-17-9)11(15)16/h2-4,6H,5H2,1H3,(H,15,16). The van der Waals surface area contributed by atoms with Crippen molar-refractivity contribution in [3.8, 4) is 0 Å². The molecule has 2 aromatic rings. The Morgan fingerprint density at radius 3 is 2.88 bits per heavy atom. The molecule has 2 aromatic heterocycles. The van der Waals surface area contributed by atoms with Crippen LogP contribution in [0.5, 0.6) is 0 Å². The molecule has 5 nitrogen and oxygen atoms in total. The Balaban J connectivity index is 2.32. The first-order chi connectivity index (χ1) is 8.08. The van der Waals surface area contributed by atoms with Crippen LogP contribution in [0, 0.1) is 6.92 Å². The number of carbonyl (C=O) groups is 1. The summed E-state index contributed by atoms with van der Waals surface area (Å²) < 4.78 is 1.56. The summed E-state index contributed by atoms with van der Waals surface area (Å²) in [6, 6.07) is 4.99. The van der Waals surface area contributed by atoms with Crippen LogP contribution in [0.1, 0.15) is 21.2 Å². The van der Waals surface area contributed by atoms with Gasteiger partial charge in [0.25, 0.3) is 5.56 Å². The minimum Gasteiger partial charge on any atom is -0.476 e. The molecule has 0 aliphatic carbocycles. The largest absolute Gasteiger partial charge is 0.476 e. The van der Waals surface area contributed by atoms with Crippen LogP contribution in [-0.2, 0) is 6.54 Å². The van der Waals surface area contributed by atoms with Crippen molar-refractivity contribution in [1.29, 1.82) is 0 Å². The number of hydrogen-bond donors (Lipinski definition) is 1. The van der Waals surface area contributed by atoms with E-state index in [4.69, 9.17) is 5.11 Å². The SMILES string of the molecule is Cc1cccc(=O)n1Cc1nc(C(=O)O)cs1. The van der Waals surface area contributed by atoms with Crippen LogP contribution in [0.4, 0.5) is 0 Å². The number of aryl methyl sites for hydroxylation is 1. The lowest BCUT2D eigenvalue weighted by Crippen LogP contribution is -2.21. The average molecular weight is 250 g/mol. The normalized spacial score (nSPS) is 10.4. The minimum absolute atomic E-state index is 0.0200. The van der Waals surface area contributed by atoms with E-state index in [9.17, 15) is 9.59 Å². The zero-order chi connectivity index (χ0) is 12.4. The number of rotatable bonds is 3. The molecule has 6 heteroatoms. The molecule has 0 atom stereocenters. The van der Waals surface area contributed by atoms with Gasteiger partial charge in [0.2, 0.25) is 0 Å². The van der Waals surface area contributed by atoms with Crippen molar-refractivity contribution >= 4 is 17.3 Å². The van der Waals surface area contributed by atoms with Gasteiger partial charge in [-0.2, -0.15) is 0 Å². The quantitative estimate of drug-likeness (QED) is 0.892. The molecule has 0 aromatic carbocycles. The molecular formula is C11H10N2O3S. The Bertz CT molecular complexity index is 615. The lowest BCUT2D eigenvalue weighted by Gasteiger charge is -2.06. The van der Waals surface area contributed by atoms with Crippen molar-refractivity contribution in [1.82, 2.24) is 9.55 Å². The first kappa shape index (κ1) is 11.5. The third-order valence-corrected chi connectivity index (χ3v) is 3.17. The Morgan fingerprint density at radius 2 is 2.29 bits per heavy atom. The lowest BCUT2D eigenvalue weighted by atomic mass is 10.3. The summed E-state index contributed by atoms with van der Waals surface area (Å²) in [6.07, 6.45) is 0. The summed E-state index contributed by atoms with van der Waals surface area (Å²) in [4.78, 5) is 26.2. The lowest BCUT2D eigenvalue weighted by molar-refractivity contribution is 0.0691. The van der Waals surface area contributed by atoms with Gasteiger partial charge >= 0.3 is 5.97 Å². The van der Waals surface area contributed by atoms with E-state index in [2.05, 4.69) is 4.98 Å². The fourth-order valence-electron chi connectivity index (χ4n) is 1.44. The van der Waals surface area contributed by atoms with Crippen LogP contribution >= 0.6 is 11.3 Å². The van der Waals surface area contributed by atoms with E-state index in [-0.39, 0.29) is 11.3 Å². The second-order valence-electron chi connectivity index (χ2n) is 3.52. The van der Waals surface area contributed by atoms with Crippen LogP contribution < -0.4 is 5.56 Å². The third kappa shape index (κ3) is 2.42. The molecule has 2 heterocycles. The first-order valence-electron chi connectivity index (χ1n) is 4.92. The Hall–Kier alpha value is -1.95. The molecule has 0 fully saturated rings. The second-order valence-corrected chi connectivity index (χ2v) is 4.47. The fourth-order valence-corrected chi connectivity index (χ4v) is 2.20. The zero-order valence-corrected chi connectivity index (χ0v) is 9.90. The number of carboxylic acid groups (broad SMARTS) is 1. The number of thiazole rings is 1. The molecule has 0 radical (unpaired) electrons. The monoisotopic (exact) mass is 250 g/mol. The predicted octanol–water partition coefficient (Wildman–Crippen LogP) is 1.36. The fraction of sp³-hybridized carbons (Fsp3) is 0.182. The van der Waals surface area contributed by atoms with Gasteiger partial charge in [-0.1, -0.05) is 6.07 Å². The van der Waals surface area contributed by atoms with Gasteiger partial charge in [-0.15, -0.1) is 11.3 Å². The van der Waals surface area contributed by atoms with Gasteiger partial charge in [-0.3, -0.25) is 4.79 Å². The van der Waals surface area contributed by atoms with E-state index in [0.717, 1.165) is 5.69 Å². The zero-order valence-electron chi connectivity index (χ0n) is 9.08. The molecule has 2 rings (SSSR count). The highest BCUT2D eigenvalue weighted by Crippen LogP contribution is 2.11. The first-order valence-corrected chi connectivity index (χ1v) is 5.80. The van der Waals surface area contributed by atoms with E-state index >= 15 is 0 Å². The summed E-state index contributed by atoms with van der Waals surface area (Å²) in [7, 11) is 0. The van der Waals surface area contributed by atoms with Crippen molar-refractivity contribution in [2.75, 3.05) is 0 Å². The molecule has 88 valence electrons. The topological polar surface area (TPSA) is 72.2 Å². The van der Waals surface area contributed by atoms with Gasteiger partial charge in [0.1, 0.15) is 5.01 Å². The van der Waals surface area contributed by atoms with E-state index in [1.54, 1.807) is 10.6 Å². The average Bonchev–Trinajstić information content (AvgIpc) is 2.72. The Kier molecular flexibility index (Phi) is 3.06.